The van der Waals surface area contributed by atoms with Gasteiger partial charge in [0.15, 0.2) is 6.10 Å². The topological polar surface area (TPSA) is 59.4 Å². The minimum Gasteiger partial charge on any atom is -0.354 e. The Kier molecular flexibility index (Phi) is 4.92. The van der Waals surface area contributed by atoms with Gasteiger partial charge in [-0.3, -0.25) is 9.69 Å². The van der Waals surface area contributed by atoms with Gasteiger partial charge in [0.25, 0.3) is 5.91 Å². The highest BCUT2D eigenvalue weighted by Crippen LogP contribution is 2.40. The molecule has 1 saturated heterocycles. The lowest BCUT2D eigenvalue weighted by atomic mass is 9.88. The summed E-state index contributed by atoms with van der Waals surface area (Å²) in [5.41, 5.74) is 2.20. The zero-order chi connectivity index (χ0) is 19.8. The molecule has 1 aromatic carbocycles. The maximum absolute atomic E-state index is 12.7. The number of aryl methyl sites for hydroxylation is 1. The highest BCUT2D eigenvalue weighted by atomic mass is 16.5. The molecule has 1 amide bonds. The largest absolute Gasteiger partial charge is 0.354 e. The summed E-state index contributed by atoms with van der Waals surface area (Å²) in [5.74, 6) is 1.68. The van der Waals surface area contributed by atoms with Crippen molar-refractivity contribution in [1.29, 1.82) is 0 Å². The van der Waals surface area contributed by atoms with Crippen molar-refractivity contribution in [3.8, 4) is 0 Å². The highest BCUT2D eigenvalue weighted by molar-refractivity contribution is 5.81. The molecule has 3 heterocycles. The van der Waals surface area contributed by atoms with Crippen molar-refractivity contribution >= 4 is 5.91 Å². The van der Waals surface area contributed by atoms with Crippen LogP contribution in [-0.4, -0.2) is 46.1 Å². The Balaban J connectivity index is 1.27. The molecule has 2 aliphatic heterocycles. The summed E-state index contributed by atoms with van der Waals surface area (Å²) < 4.78 is 8.64. The average molecular weight is 395 g/mol. The van der Waals surface area contributed by atoms with Gasteiger partial charge in [0, 0.05) is 38.6 Å². The van der Waals surface area contributed by atoms with Gasteiger partial charge in [-0.1, -0.05) is 29.8 Å². The molecule has 0 radical (unpaired) electrons. The number of ether oxygens (including phenoxy) is 1. The Labute approximate surface area is 172 Å². The van der Waals surface area contributed by atoms with Gasteiger partial charge in [-0.2, -0.15) is 0 Å². The predicted octanol–water partition coefficient (Wildman–Crippen LogP) is 2.61. The molecule has 0 unspecified atom stereocenters. The van der Waals surface area contributed by atoms with Gasteiger partial charge < -0.3 is 14.6 Å². The Bertz CT molecular complexity index is 881. The molecule has 6 heteroatoms. The smallest absolute Gasteiger partial charge is 0.251 e. The lowest BCUT2D eigenvalue weighted by Gasteiger charge is -2.45. The minimum atomic E-state index is -0.452. The summed E-state index contributed by atoms with van der Waals surface area (Å²) in [7, 11) is 0. The molecule has 2 fully saturated rings. The maximum Gasteiger partial charge on any atom is 0.251 e. The van der Waals surface area contributed by atoms with Gasteiger partial charge in [-0.15, -0.1) is 0 Å². The first kappa shape index (κ1) is 18.8. The van der Waals surface area contributed by atoms with E-state index in [-0.39, 0.29) is 5.91 Å². The van der Waals surface area contributed by atoms with Crippen LogP contribution in [0.25, 0.3) is 0 Å². The lowest BCUT2D eigenvalue weighted by molar-refractivity contribution is -0.173. The summed E-state index contributed by atoms with van der Waals surface area (Å²) in [4.78, 5) is 19.8. The molecule has 1 aromatic heterocycles. The molecule has 29 heavy (non-hydrogen) atoms. The van der Waals surface area contributed by atoms with Crippen molar-refractivity contribution in [2.75, 3.05) is 19.6 Å². The predicted molar refractivity (Wildman–Crippen MR) is 110 cm³/mol. The van der Waals surface area contributed by atoms with E-state index in [0.717, 1.165) is 44.8 Å². The summed E-state index contributed by atoms with van der Waals surface area (Å²) in [5, 5.41) is 3.10. The third-order valence-corrected chi connectivity index (χ3v) is 6.56. The van der Waals surface area contributed by atoms with Crippen LogP contribution in [0.4, 0.5) is 0 Å². The van der Waals surface area contributed by atoms with Crippen molar-refractivity contribution in [3.63, 3.8) is 0 Å². The van der Waals surface area contributed by atoms with Gasteiger partial charge >= 0.3 is 0 Å². The highest BCUT2D eigenvalue weighted by Gasteiger charge is 2.47. The number of likely N-dealkylation sites (tertiary alicyclic amines) is 1. The number of nitrogens with zero attached hydrogens (tertiary/aromatic N) is 3. The molecular weight excluding hydrogens is 364 g/mol. The number of nitrogens with one attached hydrogen (secondary N) is 1. The van der Waals surface area contributed by atoms with Crippen molar-refractivity contribution in [2.24, 2.45) is 5.92 Å². The Hall–Kier alpha value is -2.18. The van der Waals surface area contributed by atoms with Crippen LogP contribution in [-0.2, 0) is 28.2 Å². The lowest BCUT2D eigenvalue weighted by Crippen LogP contribution is -2.54. The fourth-order valence-corrected chi connectivity index (χ4v) is 4.70. The summed E-state index contributed by atoms with van der Waals surface area (Å²) >= 11 is 0. The molecule has 1 N–H and O–H groups in total. The van der Waals surface area contributed by atoms with E-state index in [0.29, 0.717) is 12.5 Å². The second-order valence-corrected chi connectivity index (χ2v) is 8.96. The monoisotopic (exact) mass is 394 g/mol. The van der Waals surface area contributed by atoms with Crippen LogP contribution in [0, 0.1) is 12.8 Å². The first-order valence-electron chi connectivity index (χ1n) is 10.9. The van der Waals surface area contributed by atoms with E-state index in [1.165, 1.54) is 24.0 Å². The summed E-state index contributed by atoms with van der Waals surface area (Å²) in [6.07, 6.45) is 7.59. The zero-order valence-corrected chi connectivity index (χ0v) is 17.1. The standard InChI is InChI=1S/C23H30N4O2/c1-17-3-2-4-19(13-17)15-26-10-7-23(8-11-26)22-24-9-12-27(22)16-20(29-23)21(28)25-14-18-5-6-18/h2-4,9,12-13,18,20H,5-8,10-11,14-16H2,1H3,(H,25,28)/t20-/m0/s1. The van der Waals surface area contributed by atoms with Crippen LogP contribution in [0.5, 0.6) is 0 Å². The Morgan fingerprint density at radius 3 is 2.90 bits per heavy atom. The molecule has 6 nitrogen and oxygen atoms in total. The van der Waals surface area contributed by atoms with Gasteiger partial charge in [-0.05, 0) is 44.1 Å². The zero-order valence-electron chi connectivity index (χ0n) is 17.1. The number of benzene rings is 1. The van der Waals surface area contributed by atoms with Gasteiger partial charge in [0.1, 0.15) is 11.4 Å². The fourth-order valence-electron chi connectivity index (χ4n) is 4.70. The number of hydrogen-bond acceptors (Lipinski definition) is 4. The van der Waals surface area contributed by atoms with Crippen molar-refractivity contribution < 1.29 is 9.53 Å². The number of carbonyl (C=O) groups is 1. The summed E-state index contributed by atoms with van der Waals surface area (Å²) in [6.45, 7) is 6.32. The molecule has 5 rings (SSSR count). The van der Waals surface area contributed by atoms with Crippen LogP contribution in [0.3, 0.4) is 0 Å². The summed E-state index contributed by atoms with van der Waals surface area (Å²) in [6, 6.07) is 8.72. The Morgan fingerprint density at radius 1 is 1.31 bits per heavy atom. The third-order valence-electron chi connectivity index (χ3n) is 6.56. The van der Waals surface area contributed by atoms with E-state index in [9.17, 15) is 4.79 Å². The van der Waals surface area contributed by atoms with Crippen LogP contribution in [0.1, 0.15) is 42.6 Å². The van der Waals surface area contributed by atoms with E-state index >= 15 is 0 Å². The first-order valence-corrected chi connectivity index (χ1v) is 10.9. The van der Waals surface area contributed by atoms with Crippen LogP contribution >= 0.6 is 0 Å². The van der Waals surface area contributed by atoms with E-state index in [2.05, 4.69) is 51.0 Å². The van der Waals surface area contributed by atoms with Crippen LogP contribution in [0.2, 0.25) is 0 Å². The number of aromatic nitrogens is 2. The molecule has 1 aliphatic carbocycles. The number of imidazole rings is 1. The first-order chi connectivity index (χ1) is 14.1. The number of hydrogen-bond donors (Lipinski definition) is 1. The second kappa shape index (κ2) is 7.58. The number of amides is 1. The molecule has 154 valence electrons. The molecule has 1 spiro atoms. The van der Waals surface area contributed by atoms with E-state index in [1.807, 2.05) is 12.4 Å². The van der Waals surface area contributed by atoms with Crippen molar-refractivity contribution in [1.82, 2.24) is 19.8 Å². The minimum absolute atomic E-state index is 0.0258. The van der Waals surface area contributed by atoms with E-state index in [1.54, 1.807) is 0 Å². The number of carbonyl (C=O) groups excluding carboxylic acids is 1. The van der Waals surface area contributed by atoms with E-state index < -0.39 is 11.7 Å². The molecule has 2 aromatic rings. The average Bonchev–Trinajstić information content (AvgIpc) is 3.42. The molecular formula is C23H30N4O2. The number of rotatable bonds is 5. The molecule has 3 aliphatic rings. The van der Waals surface area contributed by atoms with Gasteiger partial charge in [0.2, 0.25) is 0 Å². The van der Waals surface area contributed by atoms with Crippen LogP contribution in [0.15, 0.2) is 36.7 Å². The SMILES string of the molecule is Cc1cccc(CN2CCC3(CC2)O[C@H](C(=O)NCC2CC2)Cn2ccnc23)c1. The molecule has 0 bridgehead atoms. The van der Waals surface area contributed by atoms with Crippen molar-refractivity contribution in [2.45, 2.75) is 57.4 Å². The molecule has 1 atom stereocenters. The van der Waals surface area contributed by atoms with Crippen molar-refractivity contribution in [3.05, 3.63) is 53.6 Å². The van der Waals surface area contributed by atoms with Crippen LogP contribution < -0.4 is 5.32 Å². The Morgan fingerprint density at radius 2 is 2.14 bits per heavy atom. The third kappa shape index (κ3) is 3.96. The second-order valence-electron chi connectivity index (χ2n) is 8.96. The maximum atomic E-state index is 12.7. The van der Waals surface area contributed by atoms with Gasteiger partial charge in [0.05, 0.1) is 6.54 Å². The van der Waals surface area contributed by atoms with E-state index in [4.69, 9.17) is 4.74 Å². The fraction of sp³-hybridized carbons (Fsp3) is 0.565. The molecule has 1 saturated carbocycles. The quantitative estimate of drug-likeness (QED) is 0.847. The number of piperidine rings is 1. The van der Waals surface area contributed by atoms with Gasteiger partial charge in [-0.25, -0.2) is 4.98 Å². The number of fused-ring (bicyclic) bond motifs is 2. The normalized spacial score (nSPS) is 23.7.